The van der Waals surface area contributed by atoms with Gasteiger partial charge in [-0.3, -0.25) is 9.69 Å². The van der Waals surface area contributed by atoms with Crippen molar-refractivity contribution >= 4 is 5.97 Å². The summed E-state index contributed by atoms with van der Waals surface area (Å²) in [4.78, 5) is 18.1. The molecule has 1 aliphatic heterocycles. The van der Waals surface area contributed by atoms with Crippen LogP contribution in [-0.4, -0.2) is 69.3 Å². The number of rotatable bonds is 7. The number of benzene rings is 2. The van der Waals surface area contributed by atoms with Crippen LogP contribution in [0.2, 0.25) is 0 Å². The first-order chi connectivity index (χ1) is 14.6. The summed E-state index contributed by atoms with van der Waals surface area (Å²) < 4.78 is 17.1. The molecule has 3 atom stereocenters. The van der Waals surface area contributed by atoms with Crippen molar-refractivity contribution in [1.82, 2.24) is 9.80 Å². The van der Waals surface area contributed by atoms with E-state index in [1.54, 1.807) is 14.2 Å². The van der Waals surface area contributed by atoms with Crippen LogP contribution < -0.4 is 4.74 Å². The number of hydrogen-bond donors (Lipinski definition) is 0. The Morgan fingerprint density at radius 2 is 1.67 bits per heavy atom. The van der Waals surface area contributed by atoms with Crippen LogP contribution in [0.5, 0.6) is 5.75 Å². The smallest absolute Gasteiger partial charge is 0.321 e. The second-order valence-electron chi connectivity index (χ2n) is 8.14. The summed E-state index contributed by atoms with van der Waals surface area (Å²) in [7, 11) is 5.40. The predicted molar refractivity (Wildman–Crippen MR) is 114 cm³/mol. The molecule has 0 radical (unpaired) electrons. The lowest BCUT2D eigenvalue weighted by molar-refractivity contribution is -0.166. The van der Waals surface area contributed by atoms with Gasteiger partial charge in [-0.05, 0) is 31.2 Å². The minimum Gasteiger partial charge on any atom is -0.497 e. The van der Waals surface area contributed by atoms with E-state index in [0.29, 0.717) is 6.42 Å². The summed E-state index contributed by atoms with van der Waals surface area (Å²) in [6.07, 6.45) is 0.0433. The predicted octanol–water partition coefficient (Wildman–Crippen LogP) is 2.84. The standard InChI is InChI=1S/C24H30N2O4/c1-25-13-15-26(16-14-25)22(18-7-5-4-6-8-18)30-23(27)24(17-21(24)29-3)19-9-11-20(28-2)12-10-19/h4-12,21-22H,13-17H2,1-3H3/t21-,22?,24-/m1/s1. The van der Waals surface area contributed by atoms with Crippen molar-refractivity contribution in [3.63, 3.8) is 0 Å². The number of carbonyl (C=O) groups is 1. The molecule has 2 aromatic rings. The molecular weight excluding hydrogens is 380 g/mol. The third-order valence-electron chi connectivity index (χ3n) is 6.32. The fraction of sp³-hybridized carbons (Fsp3) is 0.458. The second-order valence-corrected chi connectivity index (χ2v) is 8.14. The Bertz CT molecular complexity index is 849. The molecule has 2 fully saturated rings. The van der Waals surface area contributed by atoms with Gasteiger partial charge in [-0.2, -0.15) is 0 Å². The topological polar surface area (TPSA) is 51.2 Å². The zero-order chi connectivity index (χ0) is 21.1. The van der Waals surface area contributed by atoms with Crippen molar-refractivity contribution in [2.75, 3.05) is 47.4 Å². The number of esters is 1. The van der Waals surface area contributed by atoms with Crippen LogP contribution in [0, 0.1) is 0 Å². The van der Waals surface area contributed by atoms with Gasteiger partial charge in [0, 0.05) is 38.9 Å². The molecule has 160 valence electrons. The maximum absolute atomic E-state index is 13.6. The molecule has 6 nitrogen and oxygen atoms in total. The molecule has 0 amide bonds. The first-order valence-corrected chi connectivity index (χ1v) is 10.4. The van der Waals surface area contributed by atoms with Gasteiger partial charge in [-0.1, -0.05) is 42.5 Å². The number of ether oxygens (including phenoxy) is 3. The average Bonchev–Trinajstić information content (AvgIpc) is 3.55. The molecule has 1 saturated heterocycles. The quantitative estimate of drug-likeness (QED) is 0.655. The van der Waals surface area contributed by atoms with E-state index < -0.39 is 11.6 Å². The number of hydrogen-bond acceptors (Lipinski definition) is 6. The highest BCUT2D eigenvalue weighted by Gasteiger charge is 2.64. The molecule has 0 aromatic heterocycles. The van der Waals surface area contributed by atoms with E-state index in [9.17, 15) is 4.79 Å². The van der Waals surface area contributed by atoms with E-state index in [2.05, 4.69) is 16.8 Å². The number of likely N-dealkylation sites (N-methyl/N-ethyl adjacent to an activating group) is 1. The Morgan fingerprint density at radius 3 is 2.23 bits per heavy atom. The van der Waals surface area contributed by atoms with Crippen molar-refractivity contribution in [1.29, 1.82) is 0 Å². The normalized spacial score (nSPS) is 25.5. The highest BCUT2D eigenvalue weighted by atomic mass is 16.6. The van der Waals surface area contributed by atoms with E-state index in [1.165, 1.54) is 0 Å². The van der Waals surface area contributed by atoms with Gasteiger partial charge in [0.1, 0.15) is 11.2 Å². The minimum atomic E-state index is -0.763. The molecule has 1 unspecified atom stereocenters. The highest BCUT2D eigenvalue weighted by molar-refractivity contribution is 5.88. The Kier molecular flexibility index (Phi) is 6.09. The molecular formula is C24H30N2O4. The van der Waals surface area contributed by atoms with E-state index >= 15 is 0 Å². The first kappa shape index (κ1) is 20.8. The van der Waals surface area contributed by atoms with Crippen molar-refractivity contribution in [3.8, 4) is 5.75 Å². The lowest BCUT2D eigenvalue weighted by Crippen LogP contribution is -2.47. The van der Waals surface area contributed by atoms with Crippen molar-refractivity contribution < 1.29 is 19.0 Å². The zero-order valence-electron chi connectivity index (χ0n) is 17.9. The summed E-state index contributed by atoms with van der Waals surface area (Å²) in [5.41, 5.74) is 1.14. The summed E-state index contributed by atoms with van der Waals surface area (Å²) in [6.45, 7) is 3.61. The van der Waals surface area contributed by atoms with Crippen LogP contribution in [0.15, 0.2) is 54.6 Å². The highest BCUT2D eigenvalue weighted by Crippen LogP contribution is 2.52. The van der Waals surface area contributed by atoms with Gasteiger partial charge < -0.3 is 19.1 Å². The van der Waals surface area contributed by atoms with Crippen LogP contribution >= 0.6 is 0 Å². The third-order valence-corrected chi connectivity index (χ3v) is 6.32. The van der Waals surface area contributed by atoms with E-state index in [-0.39, 0.29) is 12.1 Å². The van der Waals surface area contributed by atoms with E-state index in [1.807, 2.05) is 54.6 Å². The molecule has 1 saturated carbocycles. The number of piperazine rings is 1. The van der Waals surface area contributed by atoms with Crippen LogP contribution in [0.1, 0.15) is 23.8 Å². The van der Waals surface area contributed by atoms with Crippen molar-refractivity contribution in [2.45, 2.75) is 24.2 Å². The summed E-state index contributed by atoms with van der Waals surface area (Å²) >= 11 is 0. The molecule has 6 heteroatoms. The lowest BCUT2D eigenvalue weighted by atomic mass is 9.95. The molecule has 30 heavy (non-hydrogen) atoms. The van der Waals surface area contributed by atoms with Crippen LogP contribution in [0.25, 0.3) is 0 Å². The Morgan fingerprint density at radius 1 is 1.00 bits per heavy atom. The maximum atomic E-state index is 13.6. The van der Waals surface area contributed by atoms with Crippen LogP contribution in [0.3, 0.4) is 0 Å². The average molecular weight is 411 g/mol. The fourth-order valence-electron chi connectivity index (χ4n) is 4.28. The molecule has 0 bridgehead atoms. The molecule has 2 aromatic carbocycles. The van der Waals surface area contributed by atoms with Crippen LogP contribution in [0.4, 0.5) is 0 Å². The Labute approximate surface area is 178 Å². The lowest BCUT2D eigenvalue weighted by Gasteiger charge is -2.38. The molecule has 0 N–H and O–H groups in total. The minimum absolute atomic E-state index is 0.178. The maximum Gasteiger partial charge on any atom is 0.321 e. The van der Waals surface area contributed by atoms with Gasteiger partial charge in [0.05, 0.1) is 13.2 Å². The van der Waals surface area contributed by atoms with Gasteiger partial charge in [0.25, 0.3) is 0 Å². The van der Waals surface area contributed by atoms with E-state index in [0.717, 1.165) is 43.1 Å². The van der Waals surface area contributed by atoms with Gasteiger partial charge in [0.2, 0.25) is 0 Å². The SMILES string of the molecule is COc1ccc([C@]2(C(=O)OC(c3ccccc3)N3CCN(C)CC3)C[C@H]2OC)cc1. The number of carbonyl (C=O) groups excluding carboxylic acids is 1. The third kappa shape index (κ3) is 3.95. The molecule has 4 rings (SSSR count). The second kappa shape index (κ2) is 8.76. The largest absolute Gasteiger partial charge is 0.497 e. The Hall–Kier alpha value is -2.41. The van der Waals surface area contributed by atoms with E-state index in [4.69, 9.17) is 14.2 Å². The van der Waals surface area contributed by atoms with Crippen molar-refractivity contribution in [3.05, 3.63) is 65.7 Å². The molecule has 1 aliphatic carbocycles. The number of nitrogens with zero attached hydrogens (tertiary/aromatic N) is 2. The molecule has 2 aliphatic rings. The first-order valence-electron chi connectivity index (χ1n) is 10.4. The molecule has 1 heterocycles. The van der Waals surface area contributed by atoms with Gasteiger partial charge in [-0.15, -0.1) is 0 Å². The number of methoxy groups -OCH3 is 2. The zero-order valence-corrected chi connectivity index (χ0v) is 17.9. The van der Waals surface area contributed by atoms with Crippen molar-refractivity contribution in [2.24, 2.45) is 0 Å². The summed E-state index contributed by atoms with van der Waals surface area (Å²) in [5.74, 6) is 0.531. The monoisotopic (exact) mass is 410 g/mol. The Balaban J connectivity index is 1.60. The fourth-order valence-corrected chi connectivity index (χ4v) is 4.28. The summed E-state index contributed by atoms with van der Waals surface area (Å²) in [6, 6.07) is 17.6. The summed E-state index contributed by atoms with van der Waals surface area (Å²) in [5, 5.41) is 0. The van der Waals surface area contributed by atoms with Gasteiger partial charge in [-0.25, -0.2) is 0 Å². The van der Waals surface area contributed by atoms with Gasteiger partial charge >= 0.3 is 5.97 Å². The van der Waals surface area contributed by atoms with Gasteiger partial charge in [0.15, 0.2) is 6.23 Å². The molecule has 0 spiro atoms. The van der Waals surface area contributed by atoms with Crippen LogP contribution in [-0.2, 0) is 19.7 Å².